The molecule has 2 N–H and O–H groups in total. The molecule has 114 valence electrons. The van der Waals surface area contributed by atoms with Crippen LogP contribution < -0.4 is 10.6 Å². The highest BCUT2D eigenvalue weighted by Crippen LogP contribution is 2.36. The van der Waals surface area contributed by atoms with Gasteiger partial charge < -0.3 is 10.6 Å². The molecule has 1 aliphatic heterocycles. The zero-order valence-electron chi connectivity index (χ0n) is 12.1. The van der Waals surface area contributed by atoms with Crippen molar-refractivity contribution in [2.75, 3.05) is 5.32 Å². The van der Waals surface area contributed by atoms with E-state index in [1.807, 2.05) is 42.6 Å². The van der Waals surface area contributed by atoms with Gasteiger partial charge in [0.05, 0.1) is 17.5 Å². The van der Waals surface area contributed by atoms with Crippen LogP contribution in [0.2, 0.25) is 0 Å². The summed E-state index contributed by atoms with van der Waals surface area (Å²) >= 11 is 3.08. The van der Waals surface area contributed by atoms with Gasteiger partial charge in [-0.05, 0) is 36.1 Å². The van der Waals surface area contributed by atoms with Gasteiger partial charge in [-0.3, -0.25) is 9.59 Å². The standard InChI is InChI=1S/C16H16N2O2S2/c1-10-6-7-21-14(10)9-17-15(19)8-13-16(20)18-11-4-2-3-5-12(11)22-13/h2-7,13H,8-9H2,1H3,(H,17,19)(H,18,20). The van der Waals surface area contributed by atoms with Crippen LogP contribution in [0.1, 0.15) is 16.9 Å². The molecule has 6 heteroatoms. The Morgan fingerprint density at radius 1 is 1.32 bits per heavy atom. The Morgan fingerprint density at radius 3 is 2.91 bits per heavy atom. The van der Waals surface area contributed by atoms with Gasteiger partial charge in [0.1, 0.15) is 0 Å². The van der Waals surface area contributed by atoms with Crippen LogP contribution in [0, 0.1) is 6.92 Å². The van der Waals surface area contributed by atoms with Crippen molar-refractivity contribution in [3.63, 3.8) is 0 Å². The number of carbonyl (C=O) groups excluding carboxylic acids is 2. The minimum atomic E-state index is -0.376. The molecule has 1 aromatic carbocycles. The number of benzene rings is 1. The van der Waals surface area contributed by atoms with E-state index in [1.165, 1.54) is 17.3 Å². The number of hydrogen-bond acceptors (Lipinski definition) is 4. The highest BCUT2D eigenvalue weighted by Gasteiger charge is 2.28. The van der Waals surface area contributed by atoms with Crippen molar-refractivity contribution in [3.8, 4) is 0 Å². The van der Waals surface area contributed by atoms with E-state index in [0.29, 0.717) is 6.54 Å². The van der Waals surface area contributed by atoms with Gasteiger partial charge in [-0.15, -0.1) is 23.1 Å². The smallest absolute Gasteiger partial charge is 0.238 e. The molecular formula is C16H16N2O2S2. The fraction of sp³-hybridized carbons (Fsp3) is 0.250. The van der Waals surface area contributed by atoms with Crippen LogP contribution in [-0.2, 0) is 16.1 Å². The summed E-state index contributed by atoms with van der Waals surface area (Å²) in [5, 5.41) is 7.39. The van der Waals surface area contributed by atoms with Crippen LogP contribution in [0.15, 0.2) is 40.6 Å². The van der Waals surface area contributed by atoms with Crippen molar-refractivity contribution < 1.29 is 9.59 Å². The summed E-state index contributed by atoms with van der Waals surface area (Å²) in [4.78, 5) is 26.3. The number of thiophene rings is 1. The molecule has 2 aromatic rings. The molecular weight excluding hydrogens is 316 g/mol. The Hall–Kier alpha value is -1.79. The summed E-state index contributed by atoms with van der Waals surface area (Å²) in [6.45, 7) is 2.55. The van der Waals surface area contributed by atoms with Crippen LogP contribution >= 0.6 is 23.1 Å². The number of nitrogens with one attached hydrogen (secondary N) is 2. The quantitative estimate of drug-likeness (QED) is 0.904. The highest BCUT2D eigenvalue weighted by atomic mass is 32.2. The number of amides is 2. The van der Waals surface area contributed by atoms with Crippen molar-refractivity contribution in [1.29, 1.82) is 0 Å². The molecule has 0 radical (unpaired) electrons. The Kier molecular flexibility index (Phi) is 4.49. The van der Waals surface area contributed by atoms with Gasteiger partial charge in [-0.25, -0.2) is 0 Å². The molecule has 1 atom stereocenters. The molecule has 22 heavy (non-hydrogen) atoms. The molecule has 2 heterocycles. The molecule has 0 aliphatic carbocycles. The lowest BCUT2D eigenvalue weighted by atomic mass is 10.2. The third-order valence-electron chi connectivity index (χ3n) is 3.49. The first kappa shape index (κ1) is 15.1. The third kappa shape index (κ3) is 3.34. The summed E-state index contributed by atoms with van der Waals surface area (Å²) < 4.78 is 0. The maximum atomic E-state index is 12.1. The van der Waals surface area contributed by atoms with E-state index in [1.54, 1.807) is 11.3 Å². The summed E-state index contributed by atoms with van der Waals surface area (Å²) in [7, 11) is 0. The minimum absolute atomic E-state index is 0.0974. The van der Waals surface area contributed by atoms with Crippen molar-refractivity contribution in [1.82, 2.24) is 5.32 Å². The van der Waals surface area contributed by atoms with Crippen molar-refractivity contribution in [2.24, 2.45) is 0 Å². The predicted molar refractivity (Wildman–Crippen MR) is 90.2 cm³/mol. The molecule has 1 aliphatic rings. The Bertz CT molecular complexity index is 712. The molecule has 1 aromatic heterocycles. The maximum Gasteiger partial charge on any atom is 0.238 e. The monoisotopic (exact) mass is 332 g/mol. The zero-order chi connectivity index (χ0) is 15.5. The summed E-state index contributed by atoms with van der Waals surface area (Å²) in [5.41, 5.74) is 2.01. The largest absolute Gasteiger partial charge is 0.351 e. The molecule has 0 bridgehead atoms. The third-order valence-corrected chi connectivity index (χ3v) is 5.79. The second-order valence-electron chi connectivity index (χ2n) is 5.10. The number of hydrogen-bond donors (Lipinski definition) is 2. The van der Waals surface area contributed by atoms with Gasteiger partial charge >= 0.3 is 0 Å². The topological polar surface area (TPSA) is 58.2 Å². The highest BCUT2D eigenvalue weighted by molar-refractivity contribution is 8.01. The van der Waals surface area contributed by atoms with E-state index in [0.717, 1.165) is 15.5 Å². The van der Waals surface area contributed by atoms with E-state index >= 15 is 0 Å². The summed E-state index contributed by atoms with van der Waals surface area (Å²) in [6, 6.07) is 9.68. The number of thioether (sulfide) groups is 1. The van der Waals surface area contributed by atoms with Gasteiger partial charge in [0.2, 0.25) is 11.8 Å². The second-order valence-corrected chi connectivity index (χ2v) is 7.34. The summed E-state index contributed by atoms with van der Waals surface area (Å²) in [6.07, 6.45) is 0.190. The van der Waals surface area contributed by atoms with Gasteiger partial charge in [-0.2, -0.15) is 0 Å². The van der Waals surface area contributed by atoms with Crippen LogP contribution in [0.5, 0.6) is 0 Å². The lowest BCUT2D eigenvalue weighted by molar-refractivity contribution is -0.124. The first-order chi connectivity index (χ1) is 10.6. The molecule has 0 saturated heterocycles. The van der Waals surface area contributed by atoms with E-state index < -0.39 is 0 Å². The molecule has 0 fully saturated rings. The average molecular weight is 332 g/mol. The number of rotatable bonds is 4. The number of fused-ring (bicyclic) bond motifs is 1. The van der Waals surface area contributed by atoms with Crippen LogP contribution in [0.25, 0.3) is 0 Å². The van der Waals surface area contributed by atoms with Crippen LogP contribution in [0.4, 0.5) is 5.69 Å². The molecule has 3 rings (SSSR count). The molecule has 2 amide bonds. The number of carbonyl (C=O) groups is 2. The first-order valence-corrected chi connectivity index (χ1v) is 8.75. The van der Waals surface area contributed by atoms with Crippen molar-refractivity contribution in [2.45, 2.75) is 30.0 Å². The lowest BCUT2D eigenvalue weighted by Crippen LogP contribution is -2.34. The average Bonchev–Trinajstić information content (AvgIpc) is 2.91. The van der Waals surface area contributed by atoms with Gasteiger partial charge in [0.15, 0.2) is 0 Å². The number of para-hydroxylation sites is 1. The Balaban J connectivity index is 1.58. The lowest BCUT2D eigenvalue weighted by Gasteiger charge is -2.23. The van der Waals surface area contributed by atoms with Crippen LogP contribution in [-0.4, -0.2) is 17.1 Å². The molecule has 1 unspecified atom stereocenters. The Labute approximate surface area is 137 Å². The van der Waals surface area contributed by atoms with Gasteiger partial charge in [-0.1, -0.05) is 12.1 Å². The number of aryl methyl sites for hydroxylation is 1. The molecule has 0 saturated carbocycles. The van der Waals surface area contributed by atoms with E-state index in [2.05, 4.69) is 10.6 Å². The van der Waals surface area contributed by atoms with E-state index in [9.17, 15) is 9.59 Å². The van der Waals surface area contributed by atoms with Crippen molar-refractivity contribution in [3.05, 3.63) is 46.2 Å². The number of anilines is 1. The van der Waals surface area contributed by atoms with Crippen LogP contribution in [0.3, 0.4) is 0 Å². The fourth-order valence-electron chi connectivity index (χ4n) is 2.23. The second kappa shape index (κ2) is 6.54. The van der Waals surface area contributed by atoms with Gasteiger partial charge in [0.25, 0.3) is 0 Å². The first-order valence-electron chi connectivity index (χ1n) is 6.99. The normalized spacial score (nSPS) is 16.8. The maximum absolute atomic E-state index is 12.1. The SMILES string of the molecule is Cc1ccsc1CNC(=O)CC1Sc2ccccc2NC1=O. The van der Waals surface area contributed by atoms with E-state index in [-0.39, 0.29) is 23.5 Å². The van der Waals surface area contributed by atoms with Crippen molar-refractivity contribution >= 4 is 40.6 Å². The Morgan fingerprint density at radius 2 is 2.14 bits per heavy atom. The predicted octanol–water partition coefficient (Wildman–Crippen LogP) is 3.18. The van der Waals surface area contributed by atoms with Gasteiger partial charge in [0, 0.05) is 16.2 Å². The molecule has 4 nitrogen and oxygen atoms in total. The van der Waals surface area contributed by atoms with E-state index in [4.69, 9.17) is 0 Å². The summed E-state index contributed by atoms with van der Waals surface area (Å²) in [5.74, 6) is -0.203. The minimum Gasteiger partial charge on any atom is -0.351 e. The fourth-order valence-corrected chi connectivity index (χ4v) is 4.19. The molecule has 0 spiro atoms. The zero-order valence-corrected chi connectivity index (χ0v) is 13.7.